The molecule has 3 aromatic carbocycles. The van der Waals surface area contributed by atoms with E-state index in [1.165, 1.54) is 70.7 Å². The van der Waals surface area contributed by atoms with E-state index in [1.54, 1.807) is 14.2 Å². The quantitative estimate of drug-likeness (QED) is 0.0421. The Hall–Kier alpha value is -6.29. The van der Waals surface area contributed by atoms with Gasteiger partial charge >= 0.3 is 0 Å². The van der Waals surface area contributed by atoms with Gasteiger partial charge in [0.2, 0.25) is 11.8 Å². The highest BCUT2D eigenvalue weighted by Crippen LogP contribution is 2.27. The largest absolute Gasteiger partial charge is 0.383 e. The van der Waals surface area contributed by atoms with Gasteiger partial charge in [-0.3, -0.25) is 24.1 Å². The summed E-state index contributed by atoms with van der Waals surface area (Å²) in [6.45, 7) is 68.2. The Bertz CT molecular complexity index is 3250. The molecular formula is C90H158N14O5. The van der Waals surface area contributed by atoms with Crippen molar-refractivity contribution in [2.24, 2.45) is 10.8 Å². The molecule has 3 aliphatic rings. The number of imidazole rings is 2. The number of aromatic nitrogens is 6. The number of hydrogen-bond acceptors (Lipinski definition) is 14. The smallest absolute Gasteiger partial charge is 0.228 e. The van der Waals surface area contributed by atoms with Gasteiger partial charge in [0.15, 0.2) is 0 Å². The van der Waals surface area contributed by atoms with Crippen LogP contribution >= 0.6 is 0 Å². The third-order valence-electron chi connectivity index (χ3n) is 19.1. The zero-order chi connectivity index (χ0) is 82.0. The highest BCUT2D eigenvalue weighted by atomic mass is 16.5. The lowest BCUT2D eigenvalue weighted by molar-refractivity contribution is -0.138. The molecule has 2 amide bonds. The molecule has 19 nitrogen and oxygen atoms in total. The number of anilines is 1. The van der Waals surface area contributed by atoms with E-state index in [4.69, 9.17) is 14.2 Å². The van der Waals surface area contributed by atoms with Gasteiger partial charge in [-0.05, 0) is 143 Å². The van der Waals surface area contributed by atoms with Gasteiger partial charge in [0.25, 0.3) is 0 Å². The zero-order valence-electron chi connectivity index (χ0n) is 74.2. The molecule has 3 fully saturated rings. The maximum atomic E-state index is 11.9. The van der Waals surface area contributed by atoms with Crippen molar-refractivity contribution < 1.29 is 23.8 Å². The zero-order valence-corrected chi connectivity index (χ0v) is 74.2. The summed E-state index contributed by atoms with van der Waals surface area (Å²) < 4.78 is 21.4. The molecule has 19 heteroatoms. The molecule has 4 N–H and O–H groups in total. The number of likely N-dealkylation sites (tertiary alicyclic amines) is 2. The van der Waals surface area contributed by atoms with Crippen molar-refractivity contribution in [3.8, 4) is 0 Å². The molecule has 109 heavy (non-hydrogen) atoms. The van der Waals surface area contributed by atoms with Crippen LogP contribution in [0, 0.1) is 10.8 Å². The topological polar surface area (TPSA) is 176 Å². The maximum Gasteiger partial charge on any atom is 0.228 e. The van der Waals surface area contributed by atoms with Gasteiger partial charge in [0, 0.05) is 151 Å². The first-order valence-corrected chi connectivity index (χ1v) is 40.9. The van der Waals surface area contributed by atoms with Crippen molar-refractivity contribution in [1.82, 2.24) is 64.4 Å². The van der Waals surface area contributed by atoms with Gasteiger partial charge in [0.05, 0.1) is 56.7 Å². The van der Waals surface area contributed by atoms with Gasteiger partial charge in [-0.1, -0.05) is 212 Å². The number of hydrogen-bond donors (Lipinski definition) is 4. The molecule has 6 heterocycles. The minimum absolute atomic E-state index is 0.134. The average Bonchev–Trinajstić information content (AvgIpc) is 1.73. The number of aryl methyl sites for hydroxylation is 2. The summed E-state index contributed by atoms with van der Waals surface area (Å²) in [5, 5.41) is 17.1. The van der Waals surface area contributed by atoms with Crippen molar-refractivity contribution in [1.29, 1.82) is 0 Å². The lowest BCUT2D eigenvalue weighted by Gasteiger charge is -2.26. The maximum absolute atomic E-state index is 11.9. The Kier molecular flexibility index (Phi) is 46.6. The van der Waals surface area contributed by atoms with Crippen molar-refractivity contribution in [2.75, 3.05) is 139 Å². The summed E-state index contributed by atoms with van der Waals surface area (Å²) in [7, 11) is 9.56. The van der Waals surface area contributed by atoms with Crippen LogP contribution in [0.1, 0.15) is 247 Å². The Balaban J connectivity index is 0.000000424. The number of ether oxygens (including phenoxy) is 3. The third-order valence-corrected chi connectivity index (χ3v) is 19.1. The van der Waals surface area contributed by atoms with E-state index in [2.05, 4.69) is 283 Å². The predicted octanol–water partition coefficient (Wildman–Crippen LogP) is 16.7. The Morgan fingerprint density at radius 2 is 1.15 bits per heavy atom. The SMILES string of the molecule is CC(C)(C)C(=O)NCCCN1CCOCC1.CC(C)c1ccc(CN2CCCC2)cc1.CCn1cc(C(C)(C)C)cn1.CCn1cnc(C(C)(C)C)c1.CN(C)[C@@H]1CCN(C(=O)C(C)(C)C)C1.CNCCNCc1ccc(C(C)C)cc1.COCCNc1ccccc1C(C)C.COCCn1cnc(C(C)(C)C)c1. The second-order valence-electron chi connectivity index (χ2n) is 35.4. The molecule has 3 saturated heterocycles. The summed E-state index contributed by atoms with van der Waals surface area (Å²) in [6.07, 6.45) is 16.9. The average molecular weight is 1520 g/mol. The number of morpholine rings is 1. The van der Waals surface area contributed by atoms with Gasteiger partial charge in [-0.25, -0.2) is 9.97 Å². The van der Waals surface area contributed by atoms with Crippen LogP contribution in [0.5, 0.6) is 0 Å². The standard InChI is InChI=1S/C14H21N.C13H22N2.C12H24N2O2.C12H19NO.C11H22N2O.C10H18N2O.2C9H16N2/c1-12(2)14-7-5-13(6-8-14)11-15-9-3-4-10-15;1-11(2)13-6-4-12(5-7-13)10-15-9-8-14-3;1-12(2,3)11(15)13-5-4-6-14-7-9-16-10-8-14;1-10(2)11-6-4-5-7-12(11)13-8-9-14-3;1-11(2,3)10(14)13-7-6-9(8-13)12(4)5;1-10(2,3)9-7-12(8-11-9)5-6-13-4;1-5-11-6-8(10-7-11)9(2,3)4;1-5-11-7-8(6-10-11)9(2,3)4/h5-8,12H,3-4,9-11H2,1-2H3;4-7,11,14-15H,8-10H2,1-3H3;4-10H2,1-3H3,(H,13,15);4-7,10,13H,8-9H2,1-3H3;9H,6-8H2,1-5H3;7-8H,5-6H2,1-4H3;2*6-7H,5H2,1-4H3/t;;;;9-;;;/m....1.../s1. The first-order valence-electron chi connectivity index (χ1n) is 40.9. The van der Waals surface area contributed by atoms with Crippen LogP contribution in [0.25, 0.3) is 0 Å². The van der Waals surface area contributed by atoms with Crippen molar-refractivity contribution >= 4 is 17.5 Å². The van der Waals surface area contributed by atoms with Crippen molar-refractivity contribution in [3.05, 3.63) is 155 Å². The molecule has 0 aliphatic carbocycles. The molecule has 0 bridgehead atoms. The van der Waals surface area contributed by atoms with Crippen LogP contribution in [-0.2, 0) is 72.8 Å². The van der Waals surface area contributed by atoms with E-state index in [0.29, 0.717) is 23.8 Å². The Labute approximate surface area is 665 Å². The highest BCUT2D eigenvalue weighted by Gasteiger charge is 2.33. The minimum Gasteiger partial charge on any atom is -0.383 e. The fourth-order valence-corrected chi connectivity index (χ4v) is 11.4. The molecule has 9 rings (SSSR count). The summed E-state index contributed by atoms with van der Waals surface area (Å²) in [5.41, 5.74) is 11.9. The van der Waals surface area contributed by atoms with Crippen LogP contribution < -0.4 is 21.3 Å². The van der Waals surface area contributed by atoms with Crippen molar-refractivity contribution in [2.45, 2.75) is 258 Å². The normalized spacial score (nSPS) is 14.8. The number of methoxy groups -OCH3 is 2. The second-order valence-corrected chi connectivity index (χ2v) is 35.4. The van der Waals surface area contributed by atoms with E-state index in [0.717, 1.165) is 137 Å². The van der Waals surface area contributed by atoms with Crippen LogP contribution in [0.4, 0.5) is 5.69 Å². The Morgan fingerprint density at radius 3 is 1.59 bits per heavy atom. The number of carbonyl (C=O) groups excluding carboxylic acids is 2. The number of nitrogens with one attached hydrogen (secondary N) is 4. The molecule has 6 aromatic rings. The van der Waals surface area contributed by atoms with Crippen LogP contribution in [0.2, 0.25) is 0 Å². The number of likely N-dealkylation sites (N-methyl/N-ethyl adjacent to an activating group) is 2. The minimum atomic E-state index is -0.279. The van der Waals surface area contributed by atoms with Crippen LogP contribution in [0.15, 0.2) is 110 Å². The fraction of sp³-hybridized carbons (Fsp3) is 0.678. The molecule has 3 aliphatic heterocycles. The number of nitrogens with zero attached hydrogens (tertiary/aromatic N) is 10. The number of para-hydroxylation sites is 1. The Morgan fingerprint density at radius 1 is 0.596 bits per heavy atom. The lowest BCUT2D eigenvalue weighted by Crippen LogP contribution is -2.40. The van der Waals surface area contributed by atoms with Crippen molar-refractivity contribution in [3.63, 3.8) is 0 Å². The first-order chi connectivity index (χ1) is 51.2. The number of amides is 2. The van der Waals surface area contributed by atoms with Crippen LogP contribution in [0.3, 0.4) is 0 Å². The number of rotatable bonds is 24. The first kappa shape index (κ1) is 98.8. The van der Waals surface area contributed by atoms with E-state index in [9.17, 15) is 9.59 Å². The summed E-state index contributed by atoms with van der Waals surface area (Å²) in [6, 6.07) is 26.9. The van der Waals surface area contributed by atoms with Gasteiger partial charge in [-0.15, -0.1) is 0 Å². The van der Waals surface area contributed by atoms with E-state index in [-0.39, 0.29) is 38.9 Å². The summed E-state index contributed by atoms with van der Waals surface area (Å²) in [4.78, 5) is 41.3. The molecular weight excluding hydrogens is 1360 g/mol. The lowest BCUT2D eigenvalue weighted by atomic mass is 9.90. The van der Waals surface area contributed by atoms with E-state index >= 15 is 0 Å². The van der Waals surface area contributed by atoms with E-state index in [1.807, 2.05) is 77.0 Å². The van der Waals surface area contributed by atoms with E-state index < -0.39 is 0 Å². The molecule has 0 unspecified atom stereocenters. The third kappa shape index (κ3) is 41.7. The predicted molar refractivity (Wildman–Crippen MR) is 461 cm³/mol. The second kappa shape index (κ2) is 51.4. The summed E-state index contributed by atoms with van der Waals surface area (Å²) >= 11 is 0. The van der Waals surface area contributed by atoms with Gasteiger partial charge < -0.3 is 54.4 Å². The molecule has 3 aromatic heterocycles. The van der Waals surface area contributed by atoms with Gasteiger partial charge in [-0.2, -0.15) is 5.10 Å². The molecule has 0 radical (unpaired) electrons. The molecule has 1 atom stereocenters. The fourth-order valence-electron chi connectivity index (χ4n) is 11.4. The summed E-state index contributed by atoms with van der Waals surface area (Å²) in [5.74, 6) is 2.24. The molecule has 0 saturated carbocycles. The monoisotopic (exact) mass is 1520 g/mol. The molecule has 0 spiro atoms. The van der Waals surface area contributed by atoms with Crippen LogP contribution in [-0.4, -0.2) is 200 Å². The van der Waals surface area contributed by atoms with Gasteiger partial charge in [0.1, 0.15) is 0 Å². The molecule has 618 valence electrons. The highest BCUT2D eigenvalue weighted by molar-refractivity contribution is 5.82. The number of benzene rings is 3. The number of carbonyl (C=O) groups is 2.